The molecule has 2 aromatic rings. The number of H-pyrrole nitrogens is 1. The van der Waals surface area contributed by atoms with Crippen molar-refractivity contribution >= 4 is 22.7 Å². The van der Waals surface area contributed by atoms with Crippen molar-refractivity contribution in [2.24, 2.45) is 17.3 Å². The fraction of sp³-hybridized carbons (Fsp3) is 0.640. The van der Waals surface area contributed by atoms with Crippen LogP contribution in [0.2, 0.25) is 0 Å². The van der Waals surface area contributed by atoms with Crippen molar-refractivity contribution in [2.45, 2.75) is 44.7 Å². The number of aromatic amines is 1. The van der Waals surface area contributed by atoms with Crippen LogP contribution in [0.15, 0.2) is 24.5 Å². The first-order valence-electron chi connectivity index (χ1n) is 12.5. The van der Waals surface area contributed by atoms with Crippen molar-refractivity contribution in [2.75, 3.05) is 39.3 Å². The number of fused-ring (bicyclic) bond motifs is 1. The number of halogens is 3. The van der Waals surface area contributed by atoms with Gasteiger partial charge in [0.15, 0.2) is 0 Å². The van der Waals surface area contributed by atoms with Crippen molar-refractivity contribution < 1.29 is 22.8 Å². The minimum Gasteiger partial charge on any atom is -0.350 e. The summed E-state index contributed by atoms with van der Waals surface area (Å²) in [6.07, 6.45) is 3.93. The second kappa shape index (κ2) is 9.44. The molecule has 2 aromatic heterocycles. The molecule has 2 N–H and O–H groups in total. The van der Waals surface area contributed by atoms with E-state index in [1.54, 1.807) is 12.4 Å². The fourth-order valence-electron chi connectivity index (χ4n) is 5.92. The molecule has 0 radical (unpaired) electrons. The van der Waals surface area contributed by atoms with Crippen LogP contribution in [0, 0.1) is 17.3 Å². The largest absolute Gasteiger partial charge is 0.401 e. The van der Waals surface area contributed by atoms with Crippen molar-refractivity contribution in [3.63, 3.8) is 0 Å². The maximum atomic E-state index is 12.8. The molecule has 10 heteroatoms. The number of aromatic nitrogens is 2. The van der Waals surface area contributed by atoms with Gasteiger partial charge in [-0.2, -0.15) is 13.2 Å². The molecule has 190 valence electrons. The summed E-state index contributed by atoms with van der Waals surface area (Å²) in [6.45, 7) is 2.04. The minimum atomic E-state index is -4.16. The first-order valence-corrected chi connectivity index (χ1v) is 12.5. The molecular formula is C25H32F3N5O2. The van der Waals surface area contributed by atoms with E-state index in [-0.39, 0.29) is 23.1 Å². The van der Waals surface area contributed by atoms with Gasteiger partial charge in [0.05, 0.1) is 18.3 Å². The smallest absolute Gasteiger partial charge is 0.350 e. The second-order valence-corrected chi connectivity index (χ2v) is 10.5. The highest BCUT2D eigenvalue weighted by atomic mass is 19.4. The van der Waals surface area contributed by atoms with Gasteiger partial charge in [0.2, 0.25) is 5.91 Å². The highest BCUT2D eigenvalue weighted by molar-refractivity contribution is 5.97. The van der Waals surface area contributed by atoms with Gasteiger partial charge >= 0.3 is 6.18 Å². The topological polar surface area (TPSA) is 81.3 Å². The van der Waals surface area contributed by atoms with Crippen molar-refractivity contribution in [1.82, 2.24) is 25.1 Å². The molecule has 7 nitrogen and oxygen atoms in total. The van der Waals surface area contributed by atoms with Gasteiger partial charge in [0.1, 0.15) is 5.69 Å². The number of alkyl halides is 3. The zero-order valence-corrected chi connectivity index (χ0v) is 19.7. The van der Waals surface area contributed by atoms with Crippen molar-refractivity contribution in [3.8, 4) is 0 Å². The average Bonchev–Trinajstić information content (AvgIpc) is 3.29. The Morgan fingerprint density at radius 3 is 2.60 bits per heavy atom. The Kier molecular flexibility index (Phi) is 6.50. The van der Waals surface area contributed by atoms with Gasteiger partial charge in [-0.3, -0.25) is 19.5 Å². The molecule has 1 unspecified atom stereocenters. The van der Waals surface area contributed by atoms with Crippen molar-refractivity contribution in [3.05, 3.63) is 30.2 Å². The Hall–Kier alpha value is -2.62. The normalized spacial score (nSPS) is 23.1. The first kappa shape index (κ1) is 24.1. The van der Waals surface area contributed by atoms with Crippen LogP contribution in [0.3, 0.4) is 0 Å². The summed E-state index contributed by atoms with van der Waals surface area (Å²) in [5.74, 6) is 0.630. The van der Waals surface area contributed by atoms with E-state index in [1.807, 2.05) is 17.0 Å². The summed E-state index contributed by atoms with van der Waals surface area (Å²) in [5.41, 5.74) is 1.59. The number of nitrogens with zero attached hydrogens (tertiary/aromatic N) is 3. The average molecular weight is 492 g/mol. The summed E-state index contributed by atoms with van der Waals surface area (Å²) in [5, 5.41) is 4.01. The van der Waals surface area contributed by atoms with Crippen LogP contribution in [0.25, 0.3) is 10.9 Å². The van der Waals surface area contributed by atoms with E-state index < -0.39 is 12.7 Å². The van der Waals surface area contributed by atoms with Gasteiger partial charge < -0.3 is 15.2 Å². The van der Waals surface area contributed by atoms with Crippen LogP contribution in [0.1, 0.15) is 49.0 Å². The molecule has 2 amide bonds. The van der Waals surface area contributed by atoms with Gasteiger partial charge in [0.25, 0.3) is 5.91 Å². The molecule has 3 aliphatic rings. The van der Waals surface area contributed by atoms with Gasteiger partial charge in [-0.15, -0.1) is 0 Å². The third-order valence-corrected chi connectivity index (χ3v) is 8.22. The molecule has 3 fully saturated rings. The molecule has 5 rings (SSSR count). The first-order chi connectivity index (χ1) is 16.7. The second-order valence-electron chi connectivity index (χ2n) is 10.5. The fourth-order valence-corrected chi connectivity index (χ4v) is 5.92. The number of rotatable bonds is 6. The number of carbonyl (C=O) groups is 2. The van der Waals surface area contributed by atoms with Gasteiger partial charge in [-0.1, -0.05) is 0 Å². The lowest BCUT2D eigenvalue weighted by molar-refractivity contribution is -0.149. The Bertz CT molecular complexity index is 1040. The molecule has 4 heterocycles. The zero-order valence-electron chi connectivity index (χ0n) is 19.7. The van der Waals surface area contributed by atoms with Gasteiger partial charge in [-0.05, 0) is 74.6 Å². The maximum Gasteiger partial charge on any atom is 0.401 e. The van der Waals surface area contributed by atoms with Crippen LogP contribution in [-0.4, -0.2) is 77.0 Å². The number of likely N-dealkylation sites (tertiary alicyclic amines) is 2. The maximum absolute atomic E-state index is 12.8. The SMILES string of the molecule is O=C(NCC1CC12CCN(C(=O)CC1CCN(CC(F)(F)F)CC1)CC2)c1cc2ccncc2[nH]1. The highest BCUT2D eigenvalue weighted by Crippen LogP contribution is 2.59. The summed E-state index contributed by atoms with van der Waals surface area (Å²) >= 11 is 0. The number of pyridine rings is 1. The third kappa shape index (κ3) is 5.63. The lowest BCUT2D eigenvalue weighted by Crippen LogP contribution is -2.43. The van der Waals surface area contributed by atoms with E-state index in [0.29, 0.717) is 50.5 Å². The number of amides is 2. The number of hydrogen-bond donors (Lipinski definition) is 2. The summed E-state index contributed by atoms with van der Waals surface area (Å²) < 4.78 is 37.7. The Morgan fingerprint density at radius 2 is 1.91 bits per heavy atom. The number of carbonyl (C=O) groups excluding carboxylic acids is 2. The molecule has 1 aliphatic carbocycles. The molecule has 1 saturated carbocycles. The highest BCUT2D eigenvalue weighted by Gasteiger charge is 2.54. The van der Waals surface area contributed by atoms with E-state index >= 15 is 0 Å². The van der Waals surface area contributed by atoms with Crippen LogP contribution in [-0.2, 0) is 4.79 Å². The molecule has 2 saturated heterocycles. The van der Waals surface area contributed by atoms with Gasteiger partial charge in [0, 0.05) is 37.6 Å². The predicted octanol–water partition coefficient (Wildman–Crippen LogP) is 3.59. The summed E-state index contributed by atoms with van der Waals surface area (Å²) in [6, 6.07) is 3.70. The lowest BCUT2D eigenvalue weighted by Gasteiger charge is -2.36. The zero-order chi connectivity index (χ0) is 24.6. The molecule has 0 bridgehead atoms. The van der Waals surface area contributed by atoms with E-state index in [4.69, 9.17) is 0 Å². The number of hydrogen-bond acceptors (Lipinski definition) is 4. The van der Waals surface area contributed by atoms with E-state index in [1.165, 1.54) is 4.90 Å². The molecule has 2 aliphatic heterocycles. The quantitative estimate of drug-likeness (QED) is 0.647. The van der Waals surface area contributed by atoms with E-state index in [9.17, 15) is 22.8 Å². The van der Waals surface area contributed by atoms with Crippen LogP contribution in [0.5, 0.6) is 0 Å². The molecule has 0 aromatic carbocycles. The van der Waals surface area contributed by atoms with E-state index in [0.717, 1.165) is 43.3 Å². The molecule has 35 heavy (non-hydrogen) atoms. The third-order valence-electron chi connectivity index (χ3n) is 8.22. The minimum absolute atomic E-state index is 0.114. The number of nitrogens with one attached hydrogen (secondary N) is 2. The summed E-state index contributed by atoms with van der Waals surface area (Å²) in [4.78, 5) is 35.9. The Balaban J connectivity index is 1.02. The molecule has 1 atom stereocenters. The predicted molar refractivity (Wildman–Crippen MR) is 125 cm³/mol. The van der Waals surface area contributed by atoms with Gasteiger partial charge in [-0.25, -0.2) is 0 Å². The summed E-state index contributed by atoms with van der Waals surface area (Å²) in [7, 11) is 0. The van der Waals surface area contributed by atoms with Crippen LogP contribution >= 0.6 is 0 Å². The van der Waals surface area contributed by atoms with E-state index in [2.05, 4.69) is 15.3 Å². The Morgan fingerprint density at radius 1 is 1.17 bits per heavy atom. The number of piperidine rings is 2. The Labute approximate surface area is 202 Å². The van der Waals surface area contributed by atoms with Crippen LogP contribution in [0.4, 0.5) is 13.2 Å². The standard InChI is InChI=1S/C25H32F3N5O2/c26-25(27,28)16-32-7-2-17(3-8-32)11-22(34)33-9-4-24(5-10-33)13-19(24)14-30-23(35)20-12-18-1-6-29-15-21(18)31-20/h1,6,12,15,17,19,31H,2-5,7-11,13-14,16H2,(H,30,35). The van der Waals surface area contributed by atoms with Crippen molar-refractivity contribution in [1.29, 1.82) is 0 Å². The molecular weight excluding hydrogens is 459 g/mol. The van der Waals surface area contributed by atoms with Crippen LogP contribution < -0.4 is 5.32 Å². The lowest BCUT2D eigenvalue weighted by atomic mass is 9.89. The molecule has 1 spiro atoms. The monoisotopic (exact) mass is 491 g/mol.